The van der Waals surface area contributed by atoms with Crippen molar-refractivity contribution in [2.75, 3.05) is 11.1 Å². The van der Waals surface area contributed by atoms with E-state index < -0.39 is 0 Å². The summed E-state index contributed by atoms with van der Waals surface area (Å²) in [7, 11) is 0. The lowest BCUT2D eigenvalue weighted by Gasteiger charge is -2.57. The van der Waals surface area contributed by atoms with Gasteiger partial charge in [-0.2, -0.15) is 4.98 Å². The maximum absolute atomic E-state index is 5.90. The lowest BCUT2D eigenvalue weighted by molar-refractivity contribution is 0.0106. The third kappa shape index (κ3) is 1.86. The largest absolute Gasteiger partial charge is 0.368 e. The second kappa shape index (κ2) is 4.09. The van der Waals surface area contributed by atoms with Crippen LogP contribution < -0.4 is 11.1 Å². The van der Waals surface area contributed by atoms with Gasteiger partial charge >= 0.3 is 0 Å². The van der Waals surface area contributed by atoms with E-state index in [2.05, 4.69) is 26.7 Å². The molecule has 3 N–H and O–H groups in total. The monoisotopic (exact) mass is 300 g/mol. The van der Waals surface area contributed by atoms with Gasteiger partial charge in [0.15, 0.2) is 0 Å². The molecule has 6 rings (SSSR count). The number of thiophene rings is 1. The maximum Gasteiger partial charge on any atom is 0.223 e. The van der Waals surface area contributed by atoms with E-state index in [9.17, 15) is 0 Å². The second-order valence-electron chi connectivity index (χ2n) is 7.39. The smallest absolute Gasteiger partial charge is 0.223 e. The van der Waals surface area contributed by atoms with Crippen LogP contribution in [0.15, 0.2) is 11.4 Å². The highest BCUT2D eigenvalue weighted by molar-refractivity contribution is 7.16. The van der Waals surface area contributed by atoms with Crippen LogP contribution in [-0.4, -0.2) is 15.5 Å². The van der Waals surface area contributed by atoms with Gasteiger partial charge in [-0.05, 0) is 67.7 Å². The summed E-state index contributed by atoms with van der Waals surface area (Å²) in [6.07, 6.45) is 8.32. The number of hydrogen-bond acceptors (Lipinski definition) is 5. The maximum atomic E-state index is 5.90. The molecule has 2 heterocycles. The number of rotatable bonds is 2. The molecule has 2 aromatic rings. The molecule has 0 amide bonds. The van der Waals surface area contributed by atoms with E-state index in [0.717, 1.165) is 33.8 Å². The summed E-state index contributed by atoms with van der Waals surface area (Å²) in [5.41, 5.74) is 6.16. The highest BCUT2D eigenvalue weighted by Gasteiger charge is 2.51. The molecule has 4 aliphatic rings. The highest BCUT2D eigenvalue weighted by Crippen LogP contribution is 2.56. The molecule has 0 radical (unpaired) electrons. The Morgan fingerprint density at radius 3 is 2.43 bits per heavy atom. The van der Waals surface area contributed by atoms with Crippen molar-refractivity contribution in [3.63, 3.8) is 0 Å². The summed E-state index contributed by atoms with van der Waals surface area (Å²) < 4.78 is 0. The summed E-state index contributed by atoms with van der Waals surface area (Å²) >= 11 is 1.64. The molecule has 4 fully saturated rings. The van der Waals surface area contributed by atoms with Crippen LogP contribution in [0.1, 0.15) is 38.5 Å². The minimum atomic E-state index is 0.268. The first kappa shape index (κ1) is 12.2. The Labute approximate surface area is 128 Å². The topological polar surface area (TPSA) is 63.8 Å². The van der Waals surface area contributed by atoms with Crippen LogP contribution >= 0.6 is 11.3 Å². The first-order chi connectivity index (χ1) is 10.2. The normalized spacial score (nSPS) is 37.2. The van der Waals surface area contributed by atoms with Gasteiger partial charge in [-0.1, -0.05) is 0 Å². The average Bonchev–Trinajstić information content (AvgIpc) is 2.84. The van der Waals surface area contributed by atoms with Crippen LogP contribution in [0.5, 0.6) is 0 Å². The third-order valence-electron chi connectivity index (χ3n) is 5.76. The number of nitrogens with zero attached hydrogens (tertiary/aromatic N) is 2. The fraction of sp³-hybridized carbons (Fsp3) is 0.625. The van der Waals surface area contributed by atoms with E-state index >= 15 is 0 Å². The standard InChI is InChI=1S/C16H20N4S/c17-15-18-13(12-1-2-21-14(12)19-15)20-16-6-9-3-10(7-16)5-11(4-9)8-16/h1-2,9-11H,3-8H2,(H3,17,18,19,20). The third-order valence-corrected chi connectivity index (χ3v) is 6.57. The SMILES string of the molecule is Nc1nc(NC23CC4CC(CC(C4)C2)C3)c2ccsc2n1. The van der Waals surface area contributed by atoms with Gasteiger partial charge in [0.05, 0.1) is 5.39 Å². The summed E-state index contributed by atoms with van der Waals surface area (Å²) in [4.78, 5) is 9.84. The Hall–Kier alpha value is -1.36. The van der Waals surface area contributed by atoms with Crippen LogP contribution in [0.2, 0.25) is 0 Å². The zero-order chi connectivity index (χ0) is 14.0. The Kier molecular flexibility index (Phi) is 2.38. The molecule has 0 saturated heterocycles. The van der Waals surface area contributed by atoms with E-state index in [1.807, 2.05) is 0 Å². The number of nitrogens with one attached hydrogen (secondary N) is 1. The summed E-state index contributed by atoms with van der Waals surface area (Å²) in [6, 6.07) is 2.11. The molecule has 4 aliphatic carbocycles. The zero-order valence-electron chi connectivity index (χ0n) is 12.0. The number of hydrogen-bond donors (Lipinski definition) is 2. The summed E-state index contributed by atoms with van der Waals surface area (Å²) in [5.74, 6) is 4.14. The van der Waals surface area contributed by atoms with Gasteiger partial charge in [-0.3, -0.25) is 0 Å². The van der Waals surface area contributed by atoms with E-state index in [1.54, 1.807) is 11.3 Å². The first-order valence-corrected chi connectivity index (χ1v) is 8.86. The fourth-order valence-corrected chi connectivity index (χ4v) is 6.25. The number of aromatic nitrogens is 2. The van der Waals surface area contributed by atoms with Crippen molar-refractivity contribution in [3.05, 3.63) is 11.4 Å². The average molecular weight is 300 g/mol. The Morgan fingerprint density at radius 1 is 1.10 bits per heavy atom. The second-order valence-corrected chi connectivity index (χ2v) is 8.29. The van der Waals surface area contributed by atoms with Gasteiger partial charge < -0.3 is 11.1 Å². The van der Waals surface area contributed by atoms with Gasteiger partial charge in [0.2, 0.25) is 5.95 Å². The van der Waals surface area contributed by atoms with Crippen molar-refractivity contribution in [2.24, 2.45) is 17.8 Å². The summed E-state index contributed by atoms with van der Waals surface area (Å²) in [6.45, 7) is 0. The molecule has 21 heavy (non-hydrogen) atoms. The molecule has 0 spiro atoms. The van der Waals surface area contributed by atoms with Crippen LogP contribution in [0, 0.1) is 17.8 Å². The molecule has 4 saturated carbocycles. The number of anilines is 2. The lowest BCUT2D eigenvalue weighted by atomic mass is 9.53. The van der Waals surface area contributed by atoms with Gasteiger partial charge in [0.1, 0.15) is 10.6 Å². The predicted octanol–water partition coefficient (Wildman–Crippen LogP) is 3.65. The molecule has 110 valence electrons. The van der Waals surface area contributed by atoms with Crippen molar-refractivity contribution >= 4 is 33.3 Å². The van der Waals surface area contributed by atoms with Crippen LogP contribution in [0.4, 0.5) is 11.8 Å². The number of fused-ring (bicyclic) bond motifs is 1. The highest BCUT2D eigenvalue weighted by atomic mass is 32.1. The lowest BCUT2D eigenvalue weighted by Crippen LogP contribution is -2.54. The Balaban J connectivity index is 1.55. The minimum absolute atomic E-state index is 0.268. The van der Waals surface area contributed by atoms with Gasteiger partial charge in [0.25, 0.3) is 0 Å². The molecular formula is C16H20N4S. The van der Waals surface area contributed by atoms with Crippen LogP contribution in [-0.2, 0) is 0 Å². The molecule has 0 aliphatic heterocycles. The van der Waals surface area contributed by atoms with Crippen LogP contribution in [0.3, 0.4) is 0 Å². The molecule has 0 atom stereocenters. The molecule has 0 aromatic carbocycles. The first-order valence-electron chi connectivity index (χ1n) is 7.98. The summed E-state index contributed by atoms with van der Waals surface area (Å²) in [5, 5.41) is 7.03. The van der Waals surface area contributed by atoms with Gasteiger partial charge in [-0.15, -0.1) is 11.3 Å². The Morgan fingerprint density at radius 2 is 1.76 bits per heavy atom. The van der Waals surface area contributed by atoms with Crippen molar-refractivity contribution in [1.29, 1.82) is 0 Å². The molecule has 0 unspecified atom stereocenters. The van der Waals surface area contributed by atoms with E-state index in [1.165, 1.54) is 38.5 Å². The molecular weight excluding hydrogens is 280 g/mol. The van der Waals surface area contributed by atoms with E-state index in [0.29, 0.717) is 5.95 Å². The van der Waals surface area contributed by atoms with Crippen molar-refractivity contribution in [1.82, 2.24) is 9.97 Å². The number of nitrogen functional groups attached to an aromatic ring is 1. The van der Waals surface area contributed by atoms with Gasteiger partial charge in [-0.25, -0.2) is 4.98 Å². The fourth-order valence-electron chi connectivity index (χ4n) is 5.48. The molecule has 2 aromatic heterocycles. The van der Waals surface area contributed by atoms with E-state index in [4.69, 9.17) is 5.73 Å². The molecule has 4 bridgehead atoms. The van der Waals surface area contributed by atoms with E-state index in [-0.39, 0.29) is 5.54 Å². The quantitative estimate of drug-likeness (QED) is 0.888. The van der Waals surface area contributed by atoms with Crippen LogP contribution in [0.25, 0.3) is 10.2 Å². The Bertz CT molecular complexity index is 672. The zero-order valence-corrected chi connectivity index (χ0v) is 12.8. The molecule has 4 nitrogen and oxygen atoms in total. The number of nitrogens with two attached hydrogens (primary N) is 1. The van der Waals surface area contributed by atoms with Gasteiger partial charge in [0, 0.05) is 5.54 Å². The van der Waals surface area contributed by atoms with Crippen molar-refractivity contribution in [2.45, 2.75) is 44.1 Å². The molecule has 5 heteroatoms. The minimum Gasteiger partial charge on any atom is -0.368 e. The van der Waals surface area contributed by atoms with Crippen molar-refractivity contribution < 1.29 is 0 Å². The predicted molar refractivity (Wildman–Crippen MR) is 86.4 cm³/mol. The van der Waals surface area contributed by atoms with Crippen molar-refractivity contribution in [3.8, 4) is 0 Å².